The van der Waals surface area contributed by atoms with Gasteiger partial charge in [-0.15, -0.1) is 11.8 Å². The molecular formula is C23H28N2O3S. The summed E-state index contributed by atoms with van der Waals surface area (Å²) < 4.78 is 5.65. The first-order chi connectivity index (χ1) is 13.9. The summed E-state index contributed by atoms with van der Waals surface area (Å²) in [5, 5.41) is 2.98. The van der Waals surface area contributed by atoms with Crippen LogP contribution in [0.25, 0.3) is 0 Å². The van der Waals surface area contributed by atoms with E-state index in [0.29, 0.717) is 6.54 Å². The largest absolute Gasteiger partial charge is 0.491 e. The van der Waals surface area contributed by atoms with Gasteiger partial charge in [0, 0.05) is 30.0 Å². The first-order valence-corrected chi connectivity index (χ1v) is 11.0. The lowest BCUT2D eigenvalue weighted by atomic mass is 10.1. The molecule has 0 fully saturated rings. The van der Waals surface area contributed by atoms with Gasteiger partial charge in [0.25, 0.3) is 0 Å². The van der Waals surface area contributed by atoms with E-state index in [0.717, 1.165) is 27.6 Å². The van der Waals surface area contributed by atoms with Crippen LogP contribution in [-0.2, 0) is 9.59 Å². The normalized spacial score (nSPS) is 14.3. The molecule has 1 unspecified atom stereocenters. The third kappa shape index (κ3) is 5.76. The van der Waals surface area contributed by atoms with Gasteiger partial charge in [0.2, 0.25) is 11.8 Å². The van der Waals surface area contributed by atoms with E-state index in [4.69, 9.17) is 4.74 Å². The Bertz CT molecular complexity index is 851. The number of hydrogen-bond acceptors (Lipinski definition) is 4. The van der Waals surface area contributed by atoms with Crippen LogP contribution >= 0.6 is 11.8 Å². The van der Waals surface area contributed by atoms with Crippen LogP contribution in [-0.4, -0.2) is 30.2 Å². The molecule has 0 saturated heterocycles. The van der Waals surface area contributed by atoms with Crippen LogP contribution in [0.1, 0.15) is 45.2 Å². The molecule has 0 radical (unpaired) electrons. The van der Waals surface area contributed by atoms with Gasteiger partial charge in [-0.25, -0.2) is 0 Å². The van der Waals surface area contributed by atoms with Crippen LogP contribution in [0, 0.1) is 0 Å². The average Bonchev–Trinajstić information content (AvgIpc) is 2.71. The van der Waals surface area contributed by atoms with Crippen molar-refractivity contribution in [2.24, 2.45) is 0 Å². The Kier molecular flexibility index (Phi) is 7.20. The second-order valence-corrected chi connectivity index (χ2v) is 8.52. The fourth-order valence-electron chi connectivity index (χ4n) is 3.29. The topological polar surface area (TPSA) is 58.6 Å². The number of benzene rings is 2. The van der Waals surface area contributed by atoms with Gasteiger partial charge >= 0.3 is 0 Å². The Hall–Kier alpha value is -2.47. The van der Waals surface area contributed by atoms with Crippen LogP contribution in [0.15, 0.2) is 53.4 Å². The summed E-state index contributed by atoms with van der Waals surface area (Å²) in [6.45, 7) is 6.60. The summed E-state index contributed by atoms with van der Waals surface area (Å²) in [6.07, 6.45) is 0.517. The van der Waals surface area contributed by atoms with E-state index in [1.54, 1.807) is 16.7 Å². The minimum Gasteiger partial charge on any atom is -0.491 e. The monoisotopic (exact) mass is 412 g/mol. The van der Waals surface area contributed by atoms with Crippen molar-refractivity contribution in [2.45, 2.75) is 50.7 Å². The molecule has 1 atom stereocenters. The summed E-state index contributed by atoms with van der Waals surface area (Å²) in [5.74, 6) is 1.57. The Morgan fingerprint density at radius 3 is 2.52 bits per heavy atom. The smallest absolute Gasteiger partial charge is 0.227 e. The average molecular weight is 413 g/mol. The standard InChI is InChI=1S/C23H28N2O3S/c1-16(2)28-19-10-8-18(9-11-19)17(3)24-22(26)12-13-23(27)25-14-15-29-21-7-5-4-6-20(21)25/h4-11,16-17H,12-15H2,1-3H3,(H,24,26). The number of thioether (sulfide) groups is 1. The second kappa shape index (κ2) is 9.83. The van der Waals surface area contributed by atoms with Crippen molar-refractivity contribution in [3.05, 3.63) is 54.1 Å². The zero-order valence-corrected chi connectivity index (χ0v) is 18.0. The predicted octanol–water partition coefficient (Wildman–Crippen LogP) is 4.57. The van der Waals surface area contributed by atoms with E-state index in [-0.39, 0.29) is 36.8 Å². The van der Waals surface area contributed by atoms with E-state index in [1.807, 2.05) is 69.3 Å². The van der Waals surface area contributed by atoms with Gasteiger partial charge in [-0.3, -0.25) is 9.59 Å². The highest BCUT2D eigenvalue weighted by molar-refractivity contribution is 7.99. The first kappa shape index (κ1) is 21.2. The Balaban J connectivity index is 1.50. The molecule has 1 aliphatic heterocycles. The van der Waals surface area contributed by atoms with Crippen molar-refractivity contribution in [3.8, 4) is 5.75 Å². The van der Waals surface area contributed by atoms with Crippen molar-refractivity contribution in [1.29, 1.82) is 0 Å². The number of para-hydroxylation sites is 1. The van der Waals surface area contributed by atoms with Gasteiger partial charge in [0.05, 0.1) is 17.8 Å². The highest BCUT2D eigenvalue weighted by Crippen LogP contribution is 2.34. The van der Waals surface area contributed by atoms with Gasteiger partial charge in [-0.1, -0.05) is 24.3 Å². The molecule has 5 nitrogen and oxygen atoms in total. The SMILES string of the molecule is CC(C)Oc1ccc(C(C)NC(=O)CCC(=O)N2CCSc3ccccc32)cc1. The van der Waals surface area contributed by atoms with Crippen LogP contribution in [0.2, 0.25) is 0 Å². The van der Waals surface area contributed by atoms with Crippen molar-refractivity contribution in [2.75, 3.05) is 17.2 Å². The molecular weight excluding hydrogens is 384 g/mol. The molecule has 0 bridgehead atoms. The molecule has 29 heavy (non-hydrogen) atoms. The van der Waals surface area contributed by atoms with Crippen molar-refractivity contribution < 1.29 is 14.3 Å². The second-order valence-electron chi connectivity index (χ2n) is 7.39. The molecule has 1 aliphatic rings. The van der Waals surface area contributed by atoms with Gasteiger partial charge in [-0.2, -0.15) is 0 Å². The summed E-state index contributed by atoms with van der Waals surface area (Å²) in [6, 6.07) is 15.5. The Labute approximate surface area is 176 Å². The molecule has 6 heteroatoms. The number of carbonyl (C=O) groups is 2. The summed E-state index contributed by atoms with van der Waals surface area (Å²) >= 11 is 1.76. The lowest BCUT2D eigenvalue weighted by molar-refractivity contribution is -0.125. The number of rotatable bonds is 7. The fourth-order valence-corrected chi connectivity index (χ4v) is 4.28. The summed E-state index contributed by atoms with van der Waals surface area (Å²) in [4.78, 5) is 28.0. The maximum Gasteiger partial charge on any atom is 0.227 e. The van der Waals surface area contributed by atoms with Crippen LogP contribution in [0.5, 0.6) is 5.75 Å². The molecule has 1 N–H and O–H groups in total. The van der Waals surface area contributed by atoms with E-state index in [1.165, 1.54) is 0 Å². The minimum absolute atomic E-state index is 0.00394. The lowest BCUT2D eigenvalue weighted by Gasteiger charge is -2.29. The summed E-state index contributed by atoms with van der Waals surface area (Å²) in [5.41, 5.74) is 1.95. The number of nitrogens with zero attached hydrogens (tertiary/aromatic N) is 1. The van der Waals surface area contributed by atoms with E-state index in [9.17, 15) is 9.59 Å². The number of ether oxygens (including phenoxy) is 1. The number of amides is 2. The molecule has 0 aromatic heterocycles. The van der Waals surface area contributed by atoms with Crippen LogP contribution < -0.4 is 15.0 Å². The highest BCUT2D eigenvalue weighted by Gasteiger charge is 2.23. The summed E-state index contributed by atoms with van der Waals surface area (Å²) in [7, 11) is 0. The van der Waals surface area contributed by atoms with E-state index in [2.05, 4.69) is 5.32 Å². The molecule has 0 saturated carbocycles. The van der Waals surface area contributed by atoms with Crippen LogP contribution in [0.3, 0.4) is 0 Å². The van der Waals surface area contributed by atoms with Gasteiger partial charge in [0.15, 0.2) is 0 Å². The molecule has 2 aromatic rings. The lowest BCUT2D eigenvalue weighted by Crippen LogP contribution is -2.36. The van der Waals surface area contributed by atoms with Crippen molar-refractivity contribution >= 4 is 29.3 Å². The highest BCUT2D eigenvalue weighted by atomic mass is 32.2. The Morgan fingerprint density at radius 2 is 1.79 bits per heavy atom. The number of hydrogen-bond donors (Lipinski definition) is 1. The van der Waals surface area contributed by atoms with Crippen LogP contribution in [0.4, 0.5) is 5.69 Å². The molecule has 0 aliphatic carbocycles. The zero-order chi connectivity index (χ0) is 20.8. The quantitative estimate of drug-likeness (QED) is 0.724. The maximum absolute atomic E-state index is 12.7. The minimum atomic E-state index is -0.127. The maximum atomic E-state index is 12.7. The first-order valence-electron chi connectivity index (χ1n) is 10.0. The molecule has 3 rings (SSSR count). The molecule has 154 valence electrons. The molecule has 0 spiro atoms. The number of fused-ring (bicyclic) bond motifs is 1. The van der Waals surface area contributed by atoms with E-state index >= 15 is 0 Å². The predicted molar refractivity (Wildman–Crippen MR) is 118 cm³/mol. The van der Waals surface area contributed by atoms with Gasteiger partial charge in [-0.05, 0) is 50.6 Å². The van der Waals surface area contributed by atoms with Gasteiger partial charge < -0.3 is 15.0 Å². The third-order valence-electron chi connectivity index (χ3n) is 4.72. The van der Waals surface area contributed by atoms with E-state index < -0.39 is 0 Å². The van der Waals surface area contributed by atoms with Crippen molar-refractivity contribution in [1.82, 2.24) is 5.32 Å². The Morgan fingerprint density at radius 1 is 1.07 bits per heavy atom. The fraction of sp³-hybridized carbons (Fsp3) is 0.391. The third-order valence-corrected chi connectivity index (χ3v) is 5.77. The number of anilines is 1. The number of nitrogens with one attached hydrogen (secondary N) is 1. The molecule has 2 amide bonds. The van der Waals surface area contributed by atoms with Gasteiger partial charge in [0.1, 0.15) is 5.75 Å². The molecule has 1 heterocycles. The zero-order valence-electron chi connectivity index (χ0n) is 17.2. The van der Waals surface area contributed by atoms with Crippen molar-refractivity contribution in [3.63, 3.8) is 0 Å². The molecule has 2 aromatic carbocycles. The number of carbonyl (C=O) groups excluding carboxylic acids is 2.